The lowest BCUT2D eigenvalue weighted by Crippen LogP contribution is -2.17. The highest BCUT2D eigenvalue weighted by Gasteiger charge is 2.24. The van der Waals surface area contributed by atoms with Gasteiger partial charge in [-0.05, 0) is 32.3 Å². The topological polar surface area (TPSA) is 113 Å². The van der Waals surface area contributed by atoms with Gasteiger partial charge in [-0.2, -0.15) is 0 Å². The number of aromatic nitrogens is 4. The van der Waals surface area contributed by atoms with E-state index in [4.69, 9.17) is 0 Å². The molecular formula is C20H22FN7O2. The minimum Gasteiger partial charge on any atom is -0.379 e. The van der Waals surface area contributed by atoms with Gasteiger partial charge in [0.15, 0.2) is 17.2 Å². The molecule has 0 unspecified atom stereocenters. The molecule has 0 atom stereocenters. The summed E-state index contributed by atoms with van der Waals surface area (Å²) in [6, 6.07) is 3.60. The molecule has 0 radical (unpaired) electrons. The van der Waals surface area contributed by atoms with E-state index in [0.717, 1.165) is 24.7 Å². The molecule has 0 spiro atoms. The minimum absolute atomic E-state index is 0.0276. The van der Waals surface area contributed by atoms with E-state index in [1.807, 2.05) is 6.07 Å². The zero-order valence-corrected chi connectivity index (χ0v) is 16.5. The van der Waals surface area contributed by atoms with Crippen molar-refractivity contribution in [3.8, 4) is 0 Å². The molecule has 10 heteroatoms. The molecule has 156 valence electrons. The molecule has 1 aliphatic carbocycles. The maximum absolute atomic E-state index is 13.9. The normalized spacial score (nSPS) is 13.3. The zero-order chi connectivity index (χ0) is 21.1. The van der Waals surface area contributed by atoms with E-state index in [2.05, 4.69) is 31.0 Å². The SMILES string of the molecule is CC(=O)CCCNc1cc(NC2CC2)c2ncc(C(=O)Nc3ccncc3F)n2n1. The van der Waals surface area contributed by atoms with Gasteiger partial charge in [0.2, 0.25) is 0 Å². The lowest BCUT2D eigenvalue weighted by molar-refractivity contribution is -0.117. The predicted molar refractivity (Wildman–Crippen MR) is 110 cm³/mol. The zero-order valence-electron chi connectivity index (χ0n) is 16.5. The highest BCUT2D eigenvalue weighted by molar-refractivity contribution is 6.03. The number of hydrogen-bond acceptors (Lipinski definition) is 7. The number of rotatable bonds is 9. The van der Waals surface area contributed by atoms with Crippen molar-refractivity contribution in [2.75, 3.05) is 22.5 Å². The van der Waals surface area contributed by atoms with Gasteiger partial charge in [-0.15, -0.1) is 5.10 Å². The molecule has 0 saturated heterocycles. The van der Waals surface area contributed by atoms with Gasteiger partial charge in [0, 0.05) is 31.3 Å². The third-order valence-corrected chi connectivity index (χ3v) is 4.67. The van der Waals surface area contributed by atoms with Crippen LogP contribution in [0.4, 0.5) is 21.6 Å². The summed E-state index contributed by atoms with van der Waals surface area (Å²) in [5.74, 6) is -0.479. The molecule has 1 amide bonds. The van der Waals surface area contributed by atoms with Gasteiger partial charge in [-0.3, -0.25) is 9.78 Å². The Balaban J connectivity index is 1.61. The largest absolute Gasteiger partial charge is 0.379 e. The van der Waals surface area contributed by atoms with Crippen molar-refractivity contribution >= 4 is 34.5 Å². The van der Waals surface area contributed by atoms with E-state index in [-0.39, 0.29) is 17.2 Å². The second-order valence-corrected chi connectivity index (χ2v) is 7.28. The van der Waals surface area contributed by atoms with E-state index in [9.17, 15) is 14.0 Å². The first-order valence-corrected chi connectivity index (χ1v) is 9.81. The monoisotopic (exact) mass is 411 g/mol. The summed E-state index contributed by atoms with van der Waals surface area (Å²) >= 11 is 0. The van der Waals surface area contributed by atoms with Crippen LogP contribution in [0.3, 0.4) is 0 Å². The second kappa shape index (κ2) is 8.44. The number of nitrogens with one attached hydrogen (secondary N) is 3. The summed E-state index contributed by atoms with van der Waals surface area (Å²) in [5.41, 5.74) is 1.47. The number of anilines is 3. The molecule has 1 aliphatic rings. The van der Waals surface area contributed by atoms with Crippen molar-refractivity contribution < 1.29 is 14.0 Å². The van der Waals surface area contributed by atoms with E-state index >= 15 is 0 Å². The first kappa shape index (κ1) is 19.7. The molecule has 1 fully saturated rings. The number of hydrogen-bond donors (Lipinski definition) is 3. The Bertz CT molecular complexity index is 1090. The molecular weight excluding hydrogens is 389 g/mol. The number of ketones is 1. The maximum atomic E-state index is 13.9. The van der Waals surface area contributed by atoms with Crippen molar-refractivity contribution in [3.63, 3.8) is 0 Å². The predicted octanol–water partition coefficient (Wildman–Crippen LogP) is 2.87. The summed E-state index contributed by atoms with van der Waals surface area (Å²) in [6.45, 7) is 2.13. The van der Waals surface area contributed by atoms with Crippen LogP contribution in [0.1, 0.15) is 43.1 Å². The Morgan fingerprint density at radius 2 is 2.10 bits per heavy atom. The smallest absolute Gasteiger partial charge is 0.276 e. The van der Waals surface area contributed by atoms with Gasteiger partial charge >= 0.3 is 0 Å². The fourth-order valence-corrected chi connectivity index (χ4v) is 2.98. The number of pyridine rings is 1. The van der Waals surface area contributed by atoms with Crippen molar-refractivity contribution in [2.24, 2.45) is 0 Å². The number of carbonyl (C=O) groups is 2. The number of nitrogens with zero attached hydrogens (tertiary/aromatic N) is 4. The van der Waals surface area contributed by atoms with E-state index in [0.29, 0.717) is 36.9 Å². The van der Waals surface area contributed by atoms with Crippen molar-refractivity contribution in [3.05, 3.63) is 42.2 Å². The quantitative estimate of drug-likeness (QED) is 0.464. The Morgan fingerprint density at radius 3 is 2.83 bits per heavy atom. The minimum atomic E-state index is -0.628. The van der Waals surface area contributed by atoms with E-state index in [1.54, 1.807) is 6.92 Å². The molecule has 3 N–H and O–H groups in total. The fourth-order valence-electron chi connectivity index (χ4n) is 2.98. The van der Waals surface area contributed by atoms with Gasteiger partial charge in [0.1, 0.15) is 11.6 Å². The van der Waals surface area contributed by atoms with Crippen molar-refractivity contribution in [2.45, 2.75) is 38.6 Å². The lowest BCUT2D eigenvalue weighted by Gasteiger charge is -2.12. The van der Waals surface area contributed by atoms with Gasteiger partial charge in [0.05, 0.1) is 23.8 Å². The molecule has 0 aromatic carbocycles. The number of halogens is 1. The van der Waals surface area contributed by atoms with Crippen LogP contribution in [-0.2, 0) is 4.79 Å². The third-order valence-electron chi connectivity index (χ3n) is 4.67. The van der Waals surface area contributed by atoms with Crippen LogP contribution in [0.25, 0.3) is 5.65 Å². The van der Waals surface area contributed by atoms with Crippen molar-refractivity contribution in [1.29, 1.82) is 0 Å². The number of fused-ring (bicyclic) bond motifs is 1. The van der Waals surface area contributed by atoms with Crippen LogP contribution in [-0.4, -0.2) is 43.9 Å². The molecule has 30 heavy (non-hydrogen) atoms. The first-order valence-electron chi connectivity index (χ1n) is 9.81. The highest BCUT2D eigenvalue weighted by atomic mass is 19.1. The van der Waals surface area contributed by atoms with Crippen LogP contribution < -0.4 is 16.0 Å². The van der Waals surface area contributed by atoms with Gasteiger partial charge in [0.25, 0.3) is 5.91 Å². The van der Waals surface area contributed by atoms with Crippen LogP contribution in [0.15, 0.2) is 30.7 Å². The number of imidazole rings is 1. The van der Waals surface area contributed by atoms with Crippen LogP contribution in [0, 0.1) is 5.82 Å². The summed E-state index contributed by atoms with van der Waals surface area (Å²) < 4.78 is 15.3. The summed E-state index contributed by atoms with van der Waals surface area (Å²) in [6.07, 6.45) is 7.15. The van der Waals surface area contributed by atoms with Gasteiger partial charge in [-0.1, -0.05) is 0 Å². The number of Topliss-reactive ketones (excluding diaryl/α,β-unsaturated/α-hetero) is 1. The standard InChI is InChI=1S/C20H22FN7O2/c1-12(29)3-2-7-23-18-9-16(25-13-4-5-13)19-24-11-17(28(19)27-18)20(30)26-15-6-8-22-10-14(15)21/h6,8-11,13,25H,2-5,7H2,1H3,(H,23,27)(H,22,26,30). The maximum Gasteiger partial charge on any atom is 0.276 e. The summed E-state index contributed by atoms with van der Waals surface area (Å²) in [5, 5.41) is 13.6. The number of carbonyl (C=O) groups excluding carboxylic acids is 2. The molecule has 3 aromatic heterocycles. The molecule has 3 aromatic rings. The number of amides is 1. The summed E-state index contributed by atoms with van der Waals surface area (Å²) in [7, 11) is 0. The molecule has 9 nitrogen and oxygen atoms in total. The Morgan fingerprint density at radius 1 is 1.27 bits per heavy atom. The molecule has 3 heterocycles. The van der Waals surface area contributed by atoms with Crippen LogP contribution >= 0.6 is 0 Å². The van der Waals surface area contributed by atoms with Gasteiger partial charge in [-0.25, -0.2) is 13.9 Å². The molecule has 1 saturated carbocycles. The first-order chi connectivity index (χ1) is 14.5. The molecule has 0 bridgehead atoms. The molecule has 4 rings (SSSR count). The third kappa shape index (κ3) is 4.53. The van der Waals surface area contributed by atoms with Crippen LogP contribution in [0.2, 0.25) is 0 Å². The average molecular weight is 411 g/mol. The molecule has 0 aliphatic heterocycles. The van der Waals surface area contributed by atoms with Crippen molar-refractivity contribution in [1.82, 2.24) is 19.6 Å². The van der Waals surface area contributed by atoms with E-state index < -0.39 is 11.7 Å². The Labute approximate surface area is 172 Å². The fraction of sp³-hybridized carbons (Fsp3) is 0.350. The van der Waals surface area contributed by atoms with E-state index in [1.165, 1.54) is 23.0 Å². The Kier molecular flexibility index (Phi) is 5.55. The second-order valence-electron chi connectivity index (χ2n) is 7.28. The summed E-state index contributed by atoms with van der Waals surface area (Å²) in [4.78, 5) is 31.9. The Hall–Kier alpha value is -3.56. The lowest BCUT2D eigenvalue weighted by atomic mass is 10.2. The highest BCUT2D eigenvalue weighted by Crippen LogP contribution is 2.28. The average Bonchev–Trinajstić information content (AvgIpc) is 3.42. The van der Waals surface area contributed by atoms with Crippen LogP contribution in [0.5, 0.6) is 0 Å². The van der Waals surface area contributed by atoms with Gasteiger partial charge < -0.3 is 20.7 Å².